The summed E-state index contributed by atoms with van der Waals surface area (Å²) < 4.78 is 6.94. The fourth-order valence-electron chi connectivity index (χ4n) is 3.69. The topological polar surface area (TPSA) is 47.4 Å². The first-order chi connectivity index (χ1) is 12.5. The standard InChI is InChI=1S/C21H21N3O2/c1-13-5-7-15(8-6-13)19-18-14(2)22-23(3)20(18)21(25)24(19)16-9-11-17(26-4)12-10-16/h5-12,19H,1-4H3. The van der Waals surface area contributed by atoms with Crippen molar-refractivity contribution < 1.29 is 9.53 Å². The Labute approximate surface area is 152 Å². The number of nitrogens with zero attached hydrogens (tertiary/aromatic N) is 3. The monoisotopic (exact) mass is 347 g/mol. The van der Waals surface area contributed by atoms with E-state index in [-0.39, 0.29) is 11.9 Å². The number of fused-ring (bicyclic) bond motifs is 1. The maximum absolute atomic E-state index is 13.3. The zero-order valence-corrected chi connectivity index (χ0v) is 15.4. The Balaban J connectivity index is 1.89. The van der Waals surface area contributed by atoms with E-state index in [1.165, 1.54) is 5.56 Å². The molecule has 0 saturated heterocycles. The number of rotatable bonds is 3. The van der Waals surface area contributed by atoms with Gasteiger partial charge in [-0.2, -0.15) is 5.10 Å². The number of hydrogen-bond donors (Lipinski definition) is 0. The molecule has 0 saturated carbocycles. The van der Waals surface area contributed by atoms with E-state index in [1.54, 1.807) is 11.8 Å². The predicted octanol–water partition coefficient (Wildman–Crippen LogP) is 3.80. The Hall–Kier alpha value is -3.08. The van der Waals surface area contributed by atoms with Crippen molar-refractivity contribution in [2.24, 2.45) is 7.05 Å². The molecule has 1 aliphatic heterocycles. The molecule has 132 valence electrons. The Bertz CT molecular complexity index is 972. The van der Waals surface area contributed by atoms with Gasteiger partial charge in [0, 0.05) is 18.3 Å². The fraction of sp³-hybridized carbons (Fsp3) is 0.238. The Morgan fingerprint density at radius 2 is 1.65 bits per heavy atom. The first-order valence-electron chi connectivity index (χ1n) is 8.59. The molecule has 0 aliphatic carbocycles. The molecule has 0 fully saturated rings. The second-order valence-corrected chi connectivity index (χ2v) is 6.66. The summed E-state index contributed by atoms with van der Waals surface area (Å²) in [5, 5.41) is 4.48. The smallest absolute Gasteiger partial charge is 0.277 e. The summed E-state index contributed by atoms with van der Waals surface area (Å²) in [5.41, 5.74) is 5.64. The zero-order valence-electron chi connectivity index (χ0n) is 15.4. The molecular formula is C21H21N3O2. The van der Waals surface area contributed by atoms with Crippen LogP contribution in [0, 0.1) is 13.8 Å². The highest BCUT2D eigenvalue weighted by atomic mass is 16.5. The molecule has 1 atom stereocenters. The number of amides is 1. The summed E-state index contributed by atoms with van der Waals surface area (Å²) in [6.07, 6.45) is 0. The van der Waals surface area contributed by atoms with Gasteiger partial charge in [-0.15, -0.1) is 0 Å². The molecule has 26 heavy (non-hydrogen) atoms. The molecule has 2 aromatic carbocycles. The summed E-state index contributed by atoms with van der Waals surface area (Å²) in [4.78, 5) is 15.1. The molecule has 1 aromatic heterocycles. The number of ether oxygens (including phenoxy) is 1. The van der Waals surface area contributed by atoms with Crippen molar-refractivity contribution in [3.8, 4) is 5.75 Å². The Kier molecular flexibility index (Phi) is 3.80. The molecule has 1 unspecified atom stereocenters. The number of aromatic nitrogens is 2. The maximum atomic E-state index is 13.3. The molecule has 3 aromatic rings. The SMILES string of the molecule is COc1ccc(N2C(=O)c3c(c(C)nn3C)C2c2ccc(C)cc2)cc1. The number of anilines is 1. The fourth-order valence-corrected chi connectivity index (χ4v) is 3.69. The molecular weight excluding hydrogens is 326 g/mol. The largest absolute Gasteiger partial charge is 0.497 e. The minimum absolute atomic E-state index is 0.0289. The van der Waals surface area contributed by atoms with E-state index >= 15 is 0 Å². The van der Waals surface area contributed by atoms with Gasteiger partial charge in [0.05, 0.1) is 18.8 Å². The van der Waals surface area contributed by atoms with Gasteiger partial charge in [0.25, 0.3) is 5.91 Å². The summed E-state index contributed by atoms with van der Waals surface area (Å²) >= 11 is 0. The van der Waals surface area contributed by atoms with Gasteiger partial charge in [0.2, 0.25) is 0 Å². The van der Waals surface area contributed by atoms with Crippen molar-refractivity contribution in [2.75, 3.05) is 12.0 Å². The highest BCUT2D eigenvalue weighted by molar-refractivity contribution is 6.10. The Morgan fingerprint density at radius 3 is 2.27 bits per heavy atom. The van der Waals surface area contributed by atoms with Crippen molar-refractivity contribution in [1.29, 1.82) is 0 Å². The van der Waals surface area contributed by atoms with Crippen molar-refractivity contribution in [2.45, 2.75) is 19.9 Å². The number of benzene rings is 2. The number of hydrogen-bond acceptors (Lipinski definition) is 3. The van der Waals surface area contributed by atoms with Gasteiger partial charge in [-0.05, 0) is 43.7 Å². The highest BCUT2D eigenvalue weighted by Gasteiger charge is 2.43. The lowest BCUT2D eigenvalue weighted by Gasteiger charge is -2.26. The number of methoxy groups -OCH3 is 1. The summed E-state index contributed by atoms with van der Waals surface area (Å²) in [6, 6.07) is 15.8. The normalized spacial score (nSPS) is 16.1. The van der Waals surface area contributed by atoms with Gasteiger partial charge >= 0.3 is 0 Å². The second kappa shape index (κ2) is 6.02. The van der Waals surface area contributed by atoms with Crippen molar-refractivity contribution in [1.82, 2.24) is 9.78 Å². The maximum Gasteiger partial charge on any atom is 0.277 e. The van der Waals surface area contributed by atoms with Gasteiger partial charge in [0.1, 0.15) is 11.4 Å². The van der Waals surface area contributed by atoms with Gasteiger partial charge in [-0.25, -0.2) is 0 Å². The van der Waals surface area contributed by atoms with Crippen molar-refractivity contribution >= 4 is 11.6 Å². The summed E-state index contributed by atoms with van der Waals surface area (Å²) in [5.74, 6) is 0.737. The van der Waals surface area contributed by atoms with Crippen LogP contribution in [0.1, 0.15) is 38.9 Å². The van der Waals surface area contributed by atoms with Crippen LogP contribution >= 0.6 is 0 Å². The van der Waals surface area contributed by atoms with Crippen LogP contribution in [0.2, 0.25) is 0 Å². The van der Waals surface area contributed by atoms with Gasteiger partial charge in [-0.3, -0.25) is 14.4 Å². The van der Waals surface area contributed by atoms with Crippen LogP contribution in [0.25, 0.3) is 0 Å². The molecule has 0 bridgehead atoms. The third-order valence-corrected chi connectivity index (χ3v) is 4.97. The molecule has 5 nitrogen and oxygen atoms in total. The molecule has 0 N–H and O–H groups in total. The van der Waals surface area contributed by atoms with E-state index in [0.29, 0.717) is 5.69 Å². The van der Waals surface area contributed by atoms with Crippen LogP contribution in [-0.2, 0) is 7.05 Å². The van der Waals surface area contributed by atoms with Gasteiger partial charge < -0.3 is 4.74 Å². The van der Waals surface area contributed by atoms with Crippen LogP contribution < -0.4 is 9.64 Å². The highest BCUT2D eigenvalue weighted by Crippen LogP contribution is 2.43. The van der Waals surface area contributed by atoms with Crippen molar-refractivity contribution in [3.05, 3.63) is 76.6 Å². The van der Waals surface area contributed by atoms with Crippen LogP contribution in [0.4, 0.5) is 5.69 Å². The molecule has 1 amide bonds. The minimum atomic E-state index is -0.180. The van der Waals surface area contributed by atoms with Crippen molar-refractivity contribution in [3.63, 3.8) is 0 Å². The molecule has 5 heteroatoms. The van der Waals surface area contributed by atoms with Crippen LogP contribution in [0.15, 0.2) is 48.5 Å². The van der Waals surface area contributed by atoms with E-state index < -0.39 is 0 Å². The van der Waals surface area contributed by atoms with E-state index in [4.69, 9.17) is 4.74 Å². The lowest BCUT2D eigenvalue weighted by atomic mass is 9.98. The third-order valence-electron chi connectivity index (χ3n) is 4.97. The molecule has 2 heterocycles. The lowest BCUT2D eigenvalue weighted by Crippen LogP contribution is -2.30. The first kappa shape index (κ1) is 16.4. The first-order valence-corrected chi connectivity index (χ1v) is 8.59. The third kappa shape index (κ3) is 2.39. The van der Waals surface area contributed by atoms with E-state index in [9.17, 15) is 4.79 Å². The average molecular weight is 347 g/mol. The lowest BCUT2D eigenvalue weighted by molar-refractivity contribution is 0.0985. The average Bonchev–Trinajstić information content (AvgIpc) is 3.11. The van der Waals surface area contributed by atoms with Gasteiger partial charge in [0.15, 0.2) is 0 Å². The van der Waals surface area contributed by atoms with E-state index in [1.807, 2.05) is 43.1 Å². The summed E-state index contributed by atoms with van der Waals surface area (Å²) in [7, 11) is 3.46. The molecule has 1 aliphatic rings. The molecule has 0 spiro atoms. The van der Waals surface area contributed by atoms with E-state index in [2.05, 4.69) is 36.3 Å². The van der Waals surface area contributed by atoms with Gasteiger partial charge in [-0.1, -0.05) is 29.8 Å². The van der Waals surface area contributed by atoms with Crippen LogP contribution in [-0.4, -0.2) is 22.8 Å². The van der Waals surface area contributed by atoms with Crippen LogP contribution in [0.3, 0.4) is 0 Å². The Morgan fingerprint density at radius 1 is 1.00 bits per heavy atom. The number of carbonyl (C=O) groups is 1. The predicted molar refractivity (Wildman–Crippen MR) is 101 cm³/mol. The second-order valence-electron chi connectivity index (χ2n) is 6.66. The van der Waals surface area contributed by atoms with E-state index in [0.717, 1.165) is 28.3 Å². The quantitative estimate of drug-likeness (QED) is 0.724. The minimum Gasteiger partial charge on any atom is -0.497 e. The number of aryl methyl sites for hydroxylation is 3. The van der Waals surface area contributed by atoms with Crippen LogP contribution in [0.5, 0.6) is 5.75 Å². The molecule has 0 radical (unpaired) electrons. The molecule has 4 rings (SSSR count). The number of carbonyl (C=O) groups excluding carboxylic acids is 1. The zero-order chi connectivity index (χ0) is 18.4. The summed E-state index contributed by atoms with van der Waals surface area (Å²) in [6.45, 7) is 4.02.